The van der Waals surface area contributed by atoms with Crippen LogP contribution in [0.4, 0.5) is 18.9 Å². The van der Waals surface area contributed by atoms with Gasteiger partial charge in [-0.15, -0.1) is 5.69 Å². The summed E-state index contributed by atoms with van der Waals surface area (Å²) in [5.41, 5.74) is 7.62. The number of alkyl halides is 3. The maximum absolute atomic E-state index is 12.3. The molecule has 1 aromatic heterocycles. The van der Waals surface area contributed by atoms with E-state index >= 15 is 0 Å². The fourth-order valence-electron chi connectivity index (χ4n) is 1.35. The van der Waals surface area contributed by atoms with Crippen LogP contribution in [0.25, 0.3) is 5.73 Å². The second-order valence-electron chi connectivity index (χ2n) is 3.58. The highest BCUT2D eigenvalue weighted by molar-refractivity contribution is 5.47. The van der Waals surface area contributed by atoms with Gasteiger partial charge in [0.25, 0.3) is 0 Å². The predicted molar refractivity (Wildman–Crippen MR) is 58.5 cm³/mol. The first-order chi connectivity index (χ1) is 8.45. The molecule has 0 aliphatic carbocycles. The summed E-state index contributed by atoms with van der Waals surface area (Å²) < 4.78 is 46.6. The fraction of sp³-hybridized carbons (Fsp3) is 0.167. The lowest BCUT2D eigenvalue weighted by Crippen LogP contribution is -2.02. The molecule has 96 valence electrons. The van der Waals surface area contributed by atoms with E-state index < -0.39 is 11.9 Å². The van der Waals surface area contributed by atoms with Gasteiger partial charge in [-0.2, -0.15) is 13.2 Å². The molecule has 2 aromatic rings. The smallest absolute Gasteiger partial charge is 0.449 e. The Balaban J connectivity index is 2.01. The van der Waals surface area contributed by atoms with Gasteiger partial charge in [-0.3, -0.25) is 0 Å². The summed E-state index contributed by atoms with van der Waals surface area (Å²) in [5, 5.41) is 0. The molecule has 0 fully saturated rings. The molecule has 0 saturated carbocycles. The summed E-state index contributed by atoms with van der Waals surface area (Å²) in [4.78, 5) is 0. The Labute approximate surface area is 101 Å². The highest BCUT2D eigenvalue weighted by Gasteiger charge is 2.34. The first-order valence-corrected chi connectivity index (χ1v) is 5.05. The molecule has 0 amide bonds. The Morgan fingerprint density at radius 1 is 1.17 bits per heavy atom. The molecule has 3 nitrogen and oxygen atoms in total. The van der Waals surface area contributed by atoms with Crippen molar-refractivity contribution in [1.29, 1.82) is 0 Å². The number of halogens is 3. The van der Waals surface area contributed by atoms with Crippen LogP contribution in [0.3, 0.4) is 0 Å². The van der Waals surface area contributed by atoms with Gasteiger partial charge in [0, 0.05) is 0 Å². The Hall–Kier alpha value is -2.11. The van der Waals surface area contributed by atoms with Crippen LogP contribution in [-0.2, 0) is 12.8 Å². The van der Waals surface area contributed by atoms with Gasteiger partial charge < -0.3 is 14.9 Å². The van der Waals surface area contributed by atoms with Crippen molar-refractivity contribution in [3.05, 3.63) is 53.7 Å². The maximum atomic E-state index is 12.3. The third-order valence-electron chi connectivity index (χ3n) is 2.16. The molecule has 0 aliphatic heterocycles. The van der Waals surface area contributed by atoms with Crippen molar-refractivity contribution in [3.63, 3.8) is 0 Å². The zero-order chi connectivity index (χ0) is 13.2. The van der Waals surface area contributed by atoms with E-state index in [1.165, 1.54) is 12.1 Å². The average Bonchev–Trinajstić information content (AvgIpc) is 2.74. The van der Waals surface area contributed by atoms with Crippen molar-refractivity contribution >= 4 is 5.69 Å². The van der Waals surface area contributed by atoms with Gasteiger partial charge in [0.1, 0.15) is 18.1 Å². The lowest BCUT2D eigenvalue weighted by atomic mass is 10.3. The average molecular weight is 256 g/mol. The van der Waals surface area contributed by atoms with Crippen molar-refractivity contribution < 1.29 is 22.3 Å². The molecule has 0 spiro atoms. The molecule has 6 heteroatoms. The second kappa shape index (κ2) is 4.64. The molecule has 0 unspecified atom stereocenters. The molecule has 0 bridgehead atoms. The Morgan fingerprint density at radius 3 is 2.56 bits per heavy atom. The fourth-order valence-corrected chi connectivity index (χ4v) is 1.35. The number of furan rings is 1. The number of rotatable bonds is 3. The summed E-state index contributed by atoms with van der Waals surface area (Å²) in [7, 11) is 0. The topological polar surface area (TPSA) is 46.2 Å². The van der Waals surface area contributed by atoms with Crippen LogP contribution < -0.4 is 4.74 Å². The van der Waals surface area contributed by atoms with Gasteiger partial charge in [-0.05, 0) is 24.3 Å². The molecule has 1 heterocycles. The Morgan fingerprint density at radius 2 is 1.94 bits per heavy atom. The monoisotopic (exact) mass is 256 g/mol. The summed E-state index contributed by atoms with van der Waals surface area (Å²) in [6.07, 6.45) is -4.49. The quantitative estimate of drug-likeness (QED) is 0.807. The minimum Gasteiger partial charge on any atom is -0.699 e. The Kier molecular flexibility index (Phi) is 3.18. The standard InChI is InChI=1S/C12H9F3NO2/c13-12(14,15)11-5-4-10(18-11)7-17-9-3-1-2-8(16)6-9/h1-6,16H,7H2/q-1. The molecular formula is C12H9F3NO2-. The largest absolute Gasteiger partial charge is 0.699 e. The Bertz CT molecular complexity index is 534. The van der Waals surface area contributed by atoms with Gasteiger partial charge in [0.2, 0.25) is 5.76 Å². The minimum atomic E-state index is -4.49. The van der Waals surface area contributed by atoms with Crippen LogP contribution >= 0.6 is 0 Å². The van der Waals surface area contributed by atoms with Crippen molar-refractivity contribution in [2.24, 2.45) is 0 Å². The van der Waals surface area contributed by atoms with Gasteiger partial charge in [0.15, 0.2) is 0 Å². The third-order valence-corrected chi connectivity index (χ3v) is 2.16. The van der Waals surface area contributed by atoms with Gasteiger partial charge in [0.05, 0.1) is 0 Å². The van der Waals surface area contributed by atoms with E-state index in [-0.39, 0.29) is 18.1 Å². The SMILES string of the molecule is [NH-]c1cccc(OCc2ccc(C(F)(F)F)o2)c1. The van der Waals surface area contributed by atoms with Crippen LogP contribution in [0, 0.1) is 0 Å². The van der Waals surface area contributed by atoms with E-state index in [1.807, 2.05) is 0 Å². The number of benzene rings is 1. The van der Waals surface area contributed by atoms with Crippen molar-refractivity contribution in [2.45, 2.75) is 12.8 Å². The van der Waals surface area contributed by atoms with Crippen LogP contribution in [0.15, 0.2) is 40.8 Å². The normalized spacial score (nSPS) is 11.5. The maximum Gasteiger partial charge on any atom is 0.449 e. The van der Waals surface area contributed by atoms with Gasteiger partial charge in [-0.25, -0.2) is 0 Å². The van der Waals surface area contributed by atoms with Crippen LogP contribution in [0.1, 0.15) is 11.5 Å². The lowest BCUT2D eigenvalue weighted by Gasteiger charge is -2.08. The molecule has 0 atom stereocenters. The van der Waals surface area contributed by atoms with Gasteiger partial charge >= 0.3 is 6.18 Å². The summed E-state index contributed by atoms with van der Waals surface area (Å²) >= 11 is 0. The summed E-state index contributed by atoms with van der Waals surface area (Å²) in [5.74, 6) is -0.555. The van der Waals surface area contributed by atoms with E-state index in [4.69, 9.17) is 10.5 Å². The molecule has 1 N–H and O–H groups in total. The van der Waals surface area contributed by atoms with Crippen LogP contribution in [-0.4, -0.2) is 0 Å². The minimum absolute atomic E-state index is 0.0812. The van der Waals surface area contributed by atoms with Crippen LogP contribution in [0.5, 0.6) is 5.75 Å². The van der Waals surface area contributed by atoms with Crippen LogP contribution in [0.2, 0.25) is 0 Å². The number of hydrogen-bond acceptors (Lipinski definition) is 2. The molecule has 1 aromatic carbocycles. The van der Waals surface area contributed by atoms with E-state index in [0.717, 1.165) is 6.07 Å². The first kappa shape index (κ1) is 12.3. The van der Waals surface area contributed by atoms with E-state index in [0.29, 0.717) is 5.75 Å². The van der Waals surface area contributed by atoms with Crippen molar-refractivity contribution in [1.82, 2.24) is 0 Å². The summed E-state index contributed by atoms with van der Waals surface area (Å²) in [6.45, 7) is -0.112. The van der Waals surface area contributed by atoms with E-state index in [1.54, 1.807) is 18.2 Å². The molecule has 2 rings (SSSR count). The molecule has 0 radical (unpaired) electrons. The lowest BCUT2D eigenvalue weighted by molar-refractivity contribution is -0.153. The molecule has 0 saturated heterocycles. The molecular weight excluding hydrogens is 247 g/mol. The number of hydrogen-bond donors (Lipinski definition) is 0. The highest BCUT2D eigenvalue weighted by atomic mass is 19.4. The second-order valence-corrected chi connectivity index (χ2v) is 3.58. The number of nitrogens with one attached hydrogen (secondary N) is 1. The van der Waals surface area contributed by atoms with Crippen molar-refractivity contribution in [2.75, 3.05) is 0 Å². The molecule has 0 aliphatic rings. The number of ether oxygens (including phenoxy) is 1. The van der Waals surface area contributed by atoms with E-state index in [2.05, 4.69) is 4.42 Å². The van der Waals surface area contributed by atoms with Crippen molar-refractivity contribution in [3.8, 4) is 5.75 Å². The highest BCUT2D eigenvalue weighted by Crippen LogP contribution is 2.31. The summed E-state index contributed by atoms with van der Waals surface area (Å²) in [6, 6.07) is 8.36. The zero-order valence-corrected chi connectivity index (χ0v) is 9.12. The first-order valence-electron chi connectivity index (χ1n) is 5.05. The van der Waals surface area contributed by atoms with Gasteiger partial charge in [-0.1, -0.05) is 12.1 Å². The zero-order valence-electron chi connectivity index (χ0n) is 9.12. The van der Waals surface area contributed by atoms with E-state index in [9.17, 15) is 13.2 Å². The molecule has 18 heavy (non-hydrogen) atoms. The predicted octanol–water partition coefficient (Wildman–Crippen LogP) is 4.56. The third kappa shape index (κ3) is 2.97.